The van der Waals surface area contributed by atoms with Crippen molar-refractivity contribution < 1.29 is 29.9 Å². The van der Waals surface area contributed by atoms with E-state index in [4.69, 9.17) is 4.42 Å². The van der Waals surface area contributed by atoms with Crippen LogP contribution in [0.5, 0.6) is 17.2 Å². The fraction of sp³-hybridized carbons (Fsp3) is 0.320. The first-order valence-electron chi connectivity index (χ1n) is 10.3. The van der Waals surface area contributed by atoms with Gasteiger partial charge in [-0.3, -0.25) is 4.79 Å². The van der Waals surface area contributed by atoms with Gasteiger partial charge >= 0.3 is 0 Å². The van der Waals surface area contributed by atoms with Crippen LogP contribution in [-0.4, -0.2) is 37.2 Å². The molecule has 7 nitrogen and oxygen atoms in total. The molecular weight excluding hydrogens is 412 g/mol. The number of allylic oxidation sites excluding steroid dienone is 2. The maximum Gasteiger partial charge on any atom is 0.197 e. The predicted octanol–water partition coefficient (Wildman–Crippen LogP) is 3.76. The Bertz CT molecular complexity index is 1240. The van der Waals surface area contributed by atoms with E-state index in [0.717, 1.165) is 11.6 Å². The molecule has 0 fully saturated rings. The van der Waals surface area contributed by atoms with Crippen molar-refractivity contribution in [1.29, 1.82) is 0 Å². The first-order valence-corrected chi connectivity index (χ1v) is 10.3. The molecule has 1 aromatic heterocycles. The Labute approximate surface area is 185 Å². The zero-order valence-corrected chi connectivity index (χ0v) is 18.5. The molecule has 3 aromatic rings. The van der Waals surface area contributed by atoms with Gasteiger partial charge in [0.15, 0.2) is 5.43 Å². The summed E-state index contributed by atoms with van der Waals surface area (Å²) in [7, 11) is 0. The maximum atomic E-state index is 12.6. The van der Waals surface area contributed by atoms with Gasteiger partial charge in [-0.25, -0.2) is 0 Å². The monoisotopic (exact) mass is 440 g/mol. The number of phenols is 3. The van der Waals surface area contributed by atoms with Gasteiger partial charge in [0, 0.05) is 30.2 Å². The lowest BCUT2D eigenvalue weighted by Crippen LogP contribution is -2.37. The van der Waals surface area contributed by atoms with Crippen molar-refractivity contribution >= 4 is 11.0 Å². The number of aliphatic hydroxyl groups excluding tert-OH is 1. The molecule has 7 heteroatoms. The van der Waals surface area contributed by atoms with Crippen molar-refractivity contribution in [2.45, 2.75) is 52.2 Å². The average Bonchev–Trinajstić information content (AvgIpc) is 2.66. The molecule has 0 saturated heterocycles. The first kappa shape index (κ1) is 23.4. The summed E-state index contributed by atoms with van der Waals surface area (Å²) in [6, 6.07) is 6.80. The number of aliphatic hydroxyl groups is 2. The second-order valence-electron chi connectivity index (χ2n) is 8.82. The van der Waals surface area contributed by atoms with Gasteiger partial charge in [-0.2, -0.15) is 0 Å². The van der Waals surface area contributed by atoms with E-state index < -0.39 is 17.1 Å². The molecule has 0 spiro atoms. The molecule has 2 aromatic carbocycles. The highest BCUT2D eigenvalue weighted by Gasteiger charge is 2.26. The van der Waals surface area contributed by atoms with Gasteiger partial charge in [-0.1, -0.05) is 11.6 Å². The van der Waals surface area contributed by atoms with E-state index in [1.165, 1.54) is 26.0 Å². The Morgan fingerprint density at radius 3 is 2.34 bits per heavy atom. The molecule has 1 heterocycles. The fourth-order valence-electron chi connectivity index (χ4n) is 3.38. The molecule has 32 heavy (non-hydrogen) atoms. The van der Waals surface area contributed by atoms with Crippen LogP contribution in [0.25, 0.3) is 22.3 Å². The number of hydrogen-bond donors (Lipinski definition) is 5. The van der Waals surface area contributed by atoms with E-state index in [2.05, 4.69) is 0 Å². The van der Waals surface area contributed by atoms with Crippen molar-refractivity contribution in [3.63, 3.8) is 0 Å². The summed E-state index contributed by atoms with van der Waals surface area (Å²) in [6.07, 6.45) is 1.18. The van der Waals surface area contributed by atoms with Gasteiger partial charge in [0.05, 0.1) is 11.7 Å². The molecule has 0 saturated carbocycles. The zero-order chi connectivity index (χ0) is 23.8. The summed E-state index contributed by atoms with van der Waals surface area (Å²) in [5.74, 6) is -0.471. The maximum absolute atomic E-state index is 12.6. The summed E-state index contributed by atoms with van der Waals surface area (Å²) in [5, 5.41) is 51.0. The molecular formula is C25H28O7. The molecule has 0 radical (unpaired) electrons. The molecule has 170 valence electrons. The molecule has 0 bridgehead atoms. The van der Waals surface area contributed by atoms with Crippen LogP contribution >= 0.6 is 0 Å². The largest absolute Gasteiger partial charge is 0.508 e. The third kappa shape index (κ3) is 4.95. The number of benzene rings is 2. The highest BCUT2D eigenvalue weighted by atomic mass is 16.3. The van der Waals surface area contributed by atoms with E-state index in [1.807, 2.05) is 19.9 Å². The number of aromatic hydroxyl groups is 3. The van der Waals surface area contributed by atoms with Gasteiger partial charge in [-0.15, -0.1) is 0 Å². The van der Waals surface area contributed by atoms with E-state index in [1.54, 1.807) is 12.1 Å². The minimum Gasteiger partial charge on any atom is -0.508 e. The molecule has 0 aliphatic carbocycles. The number of fused-ring (bicyclic) bond motifs is 1. The summed E-state index contributed by atoms with van der Waals surface area (Å²) in [4.78, 5) is 12.6. The average molecular weight is 440 g/mol. The summed E-state index contributed by atoms with van der Waals surface area (Å²) < 4.78 is 5.81. The molecule has 1 atom stereocenters. The SMILES string of the molecule is CC(C)=CCc1cc(-c2cc(=O)c3c(O)cc(O)cc3o2)cc(CC(O)C(C)(C)O)c1O. The van der Waals surface area contributed by atoms with Crippen LogP contribution in [0.4, 0.5) is 0 Å². The Hall–Kier alpha value is -3.29. The predicted molar refractivity (Wildman–Crippen MR) is 122 cm³/mol. The zero-order valence-electron chi connectivity index (χ0n) is 18.5. The van der Waals surface area contributed by atoms with Crippen LogP contribution < -0.4 is 5.43 Å². The van der Waals surface area contributed by atoms with Gasteiger partial charge in [0.25, 0.3) is 0 Å². The van der Waals surface area contributed by atoms with Crippen molar-refractivity contribution in [2.75, 3.05) is 0 Å². The van der Waals surface area contributed by atoms with Crippen LogP contribution in [0.3, 0.4) is 0 Å². The summed E-state index contributed by atoms with van der Waals surface area (Å²) in [5.41, 5.74) is 0.611. The molecule has 0 aliphatic heterocycles. The first-order chi connectivity index (χ1) is 14.9. The lowest BCUT2D eigenvalue weighted by atomic mass is 9.91. The number of hydrogen-bond acceptors (Lipinski definition) is 7. The van der Waals surface area contributed by atoms with Crippen LogP contribution in [-0.2, 0) is 12.8 Å². The van der Waals surface area contributed by atoms with Crippen molar-refractivity contribution in [2.24, 2.45) is 0 Å². The molecule has 1 unspecified atom stereocenters. The quantitative estimate of drug-likeness (QED) is 0.369. The van der Waals surface area contributed by atoms with E-state index in [-0.39, 0.29) is 40.4 Å². The topological polar surface area (TPSA) is 131 Å². The van der Waals surface area contributed by atoms with Gasteiger partial charge in [-0.05, 0) is 57.4 Å². The molecule has 5 N–H and O–H groups in total. The molecule has 3 rings (SSSR count). The highest BCUT2D eigenvalue weighted by molar-refractivity contribution is 5.86. The van der Waals surface area contributed by atoms with Crippen LogP contribution in [0.1, 0.15) is 38.8 Å². The summed E-state index contributed by atoms with van der Waals surface area (Å²) >= 11 is 0. The highest BCUT2D eigenvalue weighted by Crippen LogP contribution is 2.35. The van der Waals surface area contributed by atoms with E-state index in [9.17, 15) is 30.3 Å². The van der Waals surface area contributed by atoms with Crippen molar-refractivity contribution in [1.82, 2.24) is 0 Å². The van der Waals surface area contributed by atoms with Gasteiger partial charge in [0.2, 0.25) is 0 Å². The minimum absolute atomic E-state index is 0.00650. The van der Waals surface area contributed by atoms with Crippen LogP contribution in [0, 0.1) is 0 Å². The van der Waals surface area contributed by atoms with Crippen LogP contribution in [0.15, 0.2) is 51.2 Å². The standard InChI is InChI=1S/C25H28O7/c1-13(2)5-6-14-7-15(8-16(24(14)30)9-22(29)25(3,4)31)20-12-19(28)23-18(27)10-17(26)11-21(23)32-20/h5,7-8,10-12,22,26-27,29-31H,6,9H2,1-4H3. The van der Waals surface area contributed by atoms with E-state index in [0.29, 0.717) is 23.1 Å². The van der Waals surface area contributed by atoms with Crippen LogP contribution in [0.2, 0.25) is 0 Å². The van der Waals surface area contributed by atoms with Crippen molar-refractivity contribution in [3.05, 3.63) is 63.3 Å². The molecule has 0 aliphatic rings. The lowest BCUT2D eigenvalue weighted by molar-refractivity contribution is -0.0471. The second kappa shape index (κ2) is 8.68. The minimum atomic E-state index is -1.38. The lowest BCUT2D eigenvalue weighted by Gasteiger charge is -2.25. The van der Waals surface area contributed by atoms with E-state index >= 15 is 0 Å². The number of rotatable bonds is 6. The Morgan fingerprint density at radius 1 is 1.06 bits per heavy atom. The summed E-state index contributed by atoms with van der Waals surface area (Å²) in [6.45, 7) is 6.82. The second-order valence-corrected chi connectivity index (χ2v) is 8.82. The smallest absolute Gasteiger partial charge is 0.197 e. The Balaban J connectivity index is 2.21. The fourth-order valence-corrected chi connectivity index (χ4v) is 3.38. The third-order valence-electron chi connectivity index (χ3n) is 5.31. The number of phenolic OH excluding ortho intramolecular Hbond substituents is 3. The third-order valence-corrected chi connectivity index (χ3v) is 5.31. The van der Waals surface area contributed by atoms with Gasteiger partial charge < -0.3 is 29.9 Å². The normalized spacial score (nSPS) is 12.7. The van der Waals surface area contributed by atoms with Crippen molar-refractivity contribution in [3.8, 4) is 28.6 Å². The van der Waals surface area contributed by atoms with Gasteiger partial charge in [0.1, 0.15) is 34.0 Å². The molecule has 0 amide bonds. The Morgan fingerprint density at radius 2 is 1.72 bits per heavy atom. The Kier molecular flexibility index (Phi) is 6.34.